The first-order valence-electron chi connectivity index (χ1n) is 6.10. The van der Waals surface area contributed by atoms with Crippen LogP contribution in [-0.4, -0.2) is 5.11 Å². The molecule has 0 unspecified atom stereocenters. The summed E-state index contributed by atoms with van der Waals surface area (Å²) >= 11 is 0. The molecule has 0 bridgehead atoms. The number of fused-ring (bicyclic) bond motifs is 1. The average Bonchev–Trinajstić information content (AvgIpc) is 2.83. The van der Waals surface area contributed by atoms with E-state index >= 15 is 0 Å². The molecule has 0 saturated heterocycles. The van der Waals surface area contributed by atoms with Gasteiger partial charge < -0.3 is 19.7 Å². The highest BCUT2D eigenvalue weighted by Gasteiger charge is 2.18. The summed E-state index contributed by atoms with van der Waals surface area (Å²) in [6, 6.07) is 6.97. The van der Waals surface area contributed by atoms with Gasteiger partial charge in [-0.15, -0.1) is 0 Å². The Bertz CT molecular complexity index is 873. The van der Waals surface area contributed by atoms with Crippen LogP contribution >= 0.6 is 0 Å². The van der Waals surface area contributed by atoms with Crippen molar-refractivity contribution in [1.82, 2.24) is 0 Å². The monoisotopic (exact) mass is 271 g/mol. The Morgan fingerprint density at radius 2 is 1.85 bits per heavy atom. The molecular formula is C15H13NO4. The molecule has 0 saturated carbocycles. The first-order valence-corrected chi connectivity index (χ1v) is 6.10. The second-order valence-corrected chi connectivity index (χ2v) is 4.73. The third-order valence-corrected chi connectivity index (χ3v) is 3.32. The highest BCUT2D eigenvalue weighted by atomic mass is 16.4. The maximum Gasteiger partial charge on any atom is 0.343 e. The normalized spacial score (nSPS) is 11.1. The standard InChI is InChI=1S/C15H13NO4/c1-7-13(17)8(2)15(18)20-14(7)12-6-9-5-10(16)3-4-11(9)19-12/h3-6,17H,16H2,1-2H3. The van der Waals surface area contributed by atoms with Crippen molar-refractivity contribution in [2.24, 2.45) is 0 Å². The maximum atomic E-state index is 11.7. The molecule has 5 nitrogen and oxygen atoms in total. The number of hydrogen-bond acceptors (Lipinski definition) is 5. The number of rotatable bonds is 1. The van der Waals surface area contributed by atoms with Crippen LogP contribution in [0.4, 0.5) is 5.69 Å². The van der Waals surface area contributed by atoms with Crippen LogP contribution < -0.4 is 11.4 Å². The van der Waals surface area contributed by atoms with Crippen molar-refractivity contribution in [2.75, 3.05) is 5.73 Å². The van der Waals surface area contributed by atoms with Gasteiger partial charge in [0.2, 0.25) is 0 Å². The van der Waals surface area contributed by atoms with Crippen molar-refractivity contribution in [3.8, 4) is 17.3 Å². The van der Waals surface area contributed by atoms with Crippen LogP contribution in [0.5, 0.6) is 5.75 Å². The lowest BCUT2D eigenvalue weighted by Gasteiger charge is -2.05. The van der Waals surface area contributed by atoms with Gasteiger partial charge in [0.05, 0.1) is 5.56 Å². The van der Waals surface area contributed by atoms with Crippen LogP contribution in [0.3, 0.4) is 0 Å². The number of aromatic hydroxyl groups is 1. The molecule has 0 aliphatic rings. The van der Waals surface area contributed by atoms with E-state index in [1.165, 1.54) is 6.92 Å². The number of anilines is 1. The van der Waals surface area contributed by atoms with Crippen LogP contribution in [0.25, 0.3) is 22.5 Å². The van der Waals surface area contributed by atoms with Gasteiger partial charge in [0, 0.05) is 16.6 Å². The fraction of sp³-hybridized carbons (Fsp3) is 0.133. The molecule has 2 heterocycles. The third-order valence-electron chi connectivity index (χ3n) is 3.32. The molecular weight excluding hydrogens is 258 g/mol. The number of nitrogen functional groups attached to an aromatic ring is 1. The Kier molecular flexibility index (Phi) is 2.57. The van der Waals surface area contributed by atoms with Gasteiger partial charge >= 0.3 is 5.63 Å². The van der Waals surface area contributed by atoms with Crippen LogP contribution in [0.2, 0.25) is 0 Å². The predicted molar refractivity (Wildman–Crippen MR) is 75.7 cm³/mol. The molecule has 5 heteroatoms. The van der Waals surface area contributed by atoms with E-state index in [1.54, 1.807) is 31.2 Å². The molecule has 1 aromatic carbocycles. The lowest BCUT2D eigenvalue weighted by molar-refractivity contribution is 0.433. The summed E-state index contributed by atoms with van der Waals surface area (Å²) in [4.78, 5) is 11.7. The van der Waals surface area contributed by atoms with Gasteiger partial charge in [-0.3, -0.25) is 0 Å². The number of furan rings is 1. The summed E-state index contributed by atoms with van der Waals surface area (Å²) in [5, 5.41) is 10.7. The van der Waals surface area contributed by atoms with Crippen LogP contribution in [0, 0.1) is 13.8 Å². The number of nitrogens with two attached hydrogens (primary N) is 1. The van der Waals surface area contributed by atoms with Gasteiger partial charge in [-0.2, -0.15) is 0 Å². The van der Waals surface area contributed by atoms with E-state index in [1.807, 2.05) is 0 Å². The Balaban J connectivity index is 2.28. The lowest BCUT2D eigenvalue weighted by atomic mass is 10.1. The van der Waals surface area contributed by atoms with E-state index in [4.69, 9.17) is 14.6 Å². The Morgan fingerprint density at radius 3 is 2.60 bits per heavy atom. The van der Waals surface area contributed by atoms with Crippen LogP contribution in [0.1, 0.15) is 11.1 Å². The molecule has 0 atom stereocenters. The molecule has 0 radical (unpaired) electrons. The van der Waals surface area contributed by atoms with E-state index in [0.29, 0.717) is 22.6 Å². The Morgan fingerprint density at radius 1 is 1.10 bits per heavy atom. The molecule has 3 rings (SSSR count). The van der Waals surface area contributed by atoms with Crippen molar-refractivity contribution >= 4 is 16.7 Å². The van der Waals surface area contributed by atoms with Gasteiger partial charge in [0.15, 0.2) is 11.5 Å². The van der Waals surface area contributed by atoms with Crippen molar-refractivity contribution in [1.29, 1.82) is 0 Å². The second kappa shape index (κ2) is 4.16. The summed E-state index contributed by atoms with van der Waals surface area (Å²) in [5.41, 5.74) is 7.04. The van der Waals surface area contributed by atoms with E-state index in [0.717, 1.165) is 5.39 Å². The SMILES string of the molecule is Cc1c(-c2cc3cc(N)ccc3o2)oc(=O)c(C)c1O. The Hall–Kier alpha value is -2.69. The average molecular weight is 271 g/mol. The van der Waals surface area contributed by atoms with Gasteiger partial charge in [-0.05, 0) is 38.1 Å². The summed E-state index contributed by atoms with van der Waals surface area (Å²) in [7, 11) is 0. The smallest absolute Gasteiger partial charge is 0.343 e. The molecule has 0 amide bonds. The molecule has 0 aliphatic heterocycles. The second-order valence-electron chi connectivity index (χ2n) is 4.73. The zero-order valence-electron chi connectivity index (χ0n) is 11.1. The quantitative estimate of drug-likeness (QED) is 0.664. The van der Waals surface area contributed by atoms with Crippen molar-refractivity contribution in [2.45, 2.75) is 13.8 Å². The predicted octanol–water partition coefficient (Wildman–Crippen LogP) is 2.96. The van der Waals surface area contributed by atoms with Crippen LogP contribution in [0.15, 0.2) is 37.9 Å². The van der Waals surface area contributed by atoms with E-state index in [9.17, 15) is 9.90 Å². The molecule has 3 aromatic rings. The van der Waals surface area contributed by atoms with Crippen molar-refractivity contribution < 1.29 is 13.9 Å². The minimum Gasteiger partial charge on any atom is -0.507 e. The highest BCUT2D eigenvalue weighted by molar-refractivity contribution is 5.85. The zero-order valence-corrected chi connectivity index (χ0v) is 11.1. The maximum absolute atomic E-state index is 11.7. The Labute approximate surface area is 114 Å². The summed E-state index contributed by atoms with van der Waals surface area (Å²) < 4.78 is 10.9. The van der Waals surface area contributed by atoms with Crippen LogP contribution in [-0.2, 0) is 0 Å². The molecule has 0 aliphatic carbocycles. The lowest BCUT2D eigenvalue weighted by Crippen LogP contribution is -2.05. The van der Waals surface area contributed by atoms with Crippen molar-refractivity contribution in [3.63, 3.8) is 0 Å². The highest BCUT2D eigenvalue weighted by Crippen LogP contribution is 2.33. The molecule has 2 aromatic heterocycles. The zero-order chi connectivity index (χ0) is 14.4. The fourth-order valence-electron chi connectivity index (χ4n) is 2.14. The van der Waals surface area contributed by atoms with Gasteiger partial charge in [0.25, 0.3) is 0 Å². The summed E-state index contributed by atoms with van der Waals surface area (Å²) in [5.74, 6) is 0.541. The van der Waals surface area contributed by atoms with Gasteiger partial charge in [-0.25, -0.2) is 4.79 Å². The minimum absolute atomic E-state index is 0.0729. The van der Waals surface area contributed by atoms with Gasteiger partial charge in [-0.1, -0.05) is 0 Å². The fourth-order valence-corrected chi connectivity index (χ4v) is 2.14. The summed E-state index contributed by atoms with van der Waals surface area (Å²) in [6.07, 6.45) is 0. The van der Waals surface area contributed by atoms with Gasteiger partial charge in [0.1, 0.15) is 11.3 Å². The molecule has 0 fully saturated rings. The molecule has 0 spiro atoms. The molecule has 3 N–H and O–H groups in total. The van der Waals surface area contributed by atoms with E-state index < -0.39 is 5.63 Å². The van der Waals surface area contributed by atoms with Crippen molar-refractivity contribution in [3.05, 3.63) is 45.8 Å². The number of benzene rings is 1. The summed E-state index contributed by atoms with van der Waals surface area (Å²) in [6.45, 7) is 3.18. The van der Waals surface area contributed by atoms with E-state index in [-0.39, 0.29) is 17.1 Å². The largest absolute Gasteiger partial charge is 0.507 e. The topological polar surface area (TPSA) is 89.6 Å². The molecule has 102 valence electrons. The third kappa shape index (κ3) is 1.75. The number of hydrogen-bond donors (Lipinski definition) is 2. The molecule has 20 heavy (non-hydrogen) atoms. The first kappa shape index (κ1) is 12.3. The first-order chi connectivity index (χ1) is 9.47. The minimum atomic E-state index is -0.580. The van der Waals surface area contributed by atoms with E-state index in [2.05, 4.69) is 0 Å².